The van der Waals surface area contributed by atoms with Gasteiger partial charge in [-0.25, -0.2) is 0 Å². The quantitative estimate of drug-likeness (QED) is 0.718. The Hall–Kier alpha value is -2.61. The van der Waals surface area contributed by atoms with E-state index < -0.39 is 5.97 Å². The zero-order valence-corrected chi connectivity index (χ0v) is 9.93. The van der Waals surface area contributed by atoms with Crippen LogP contribution in [0.4, 0.5) is 0 Å². The van der Waals surface area contributed by atoms with Crippen molar-refractivity contribution in [1.29, 1.82) is 5.26 Å². The number of ether oxygens (including phenoxy) is 1. The highest BCUT2D eigenvalue weighted by molar-refractivity contribution is 5.97. The molecule has 0 aliphatic heterocycles. The summed E-state index contributed by atoms with van der Waals surface area (Å²) in [7, 11) is 0. The van der Waals surface area contributed by atoms with Crippen LogP contribution in [0.15, 0.2) is 24.4 Å². The van der Waals surface area contributed by atoms with E-state index in [0.29, 0.717) is 16.5 Å². The van der Waals surface area contributed by atoms with Crippen LogP contribution in [0.25, 0.3) is 10.9 Å². The van der Waals surface area contributed by atoms with Crippen molar-refractivity contribution in [2.24, 2.45) is 0 Å². The second kappa shape index (κ2) is 4.34. The molecule has 0 radical (unpaired) electrons. The molecule has 18 heavy (non-hydrogen) atoms. The van der Waals surface area contributed by atoms with Crippen molar-refractivity contribution in [1.82, 2.24) is 4.57 Å². The van der Waals surface area contributed by atoms with Gasteiger partial charge in [-0.3, -0.25) is 14.2 Å². The lowest BCUT2D eigenvalue weighted by atomic mass is 10.1. The number of esters is 1. The van der Waals surface area contributed by atoms with Gasteiger partial charge in [0.2, 0.25) is 5.91 Å². The zero-order chi connectivity index (χ0) is 13.3. The van der Waals surface area contributed by atoms with Gasteiger partial charge < -0.3 is 4.74 Å². The van der Waals surface area contributed by atoms with Gasteiger partial charge in [0.1, 0.15) is 0 Å². The van der Waals surface area contributed by atoms with Crippen LogP contribution < -0.4 is 4.74 Å². The van der Waals surface area contributed by atoms with Gasteiger partial charge in [0, 0.05) is 19.2 Å². The van der Waals surface area contributed by atoms with E-state index in [1.807, 2.05) is 6.07 Å². The molecule has 0 aliphatic carbocycles. The van der Waals surface area contributed by atoms with Gasteiger partial charge >= 0.3 is 5.97 Å². The van der Waals surface area contributed by atoms with Crippen LogP contribution in [-0.2, 0) is 4.79 Å². The van der Waals surface area contributed by atoms with Crippen molar-refractivity contribution in [2.45, 2.75) is 13.8 Å². The number of nitriles is 1. The molecule has 1 heterocycles. The first-order valence-corrected chi connectivity index (χ1v) is 5.27. The van der Waals surface area contributed by atoms with Crippen molar-refractivity contribution in [3.8, 4) is 11.8 Å². The molecule has 0 aliphatic rings. The van der Waals surface area contributed by atoms with Crippen molar-refractivity contribution in [3.05, 3.63) is 30.0 Å². The first kappa shape index (κ1) is 11.9. The number of carbonyl (C=O) groups is 2. The molecule has 0 saturated carbocycles. The van der Waals surface area contributed by atoms with E-state index in [1.54, 1.807) is 18.2 Å². The third-order valence-electron chi connectivity index (χ3n) is 2.49. The van der Waals surface area contributed by atoms with E-state index in [2.05, 4.69) is 0 Å². The van der Waals surface area contributed by atoms with Crippen molar-refractivity contribution in [2.75, 3.05) is 0 Å². The Morgan fingerprint density at radius 1 is 1.33 bits per heavy atom. The smallest absolute Gasteiger partial charge is 0.308 e. The van der Waals surface area contributed by atoms with Crippen molar-refractivity contribution < 1.29 is 14.3 Å². The van der Waals surface area contributed by atoms with Gasteiger partial charge in [-0.2, -0.15) is 5.26 Å². The van der Waals surface area contributed by atoms with Crippen LogP contribution in [0.3, 0.4) is 0 Å². The molecule has 0 atom stereocenters. The van der Waals surface area contributed by atoms with E-state index in [1.165, 1.54) is 24.6 Å². The standard InChI is InChI=1S/C13H10N2O3/c1-8(16)15-7-13(18-9(2)17)11-5-10(6-14)3-4-12(11)15/h3-5,7H,1-2H3. The monoisotopic (exact) mass is 242 g/mol. The molecule has 5 nitrogen and oxygen atoms in total. The fraction of sp³-hybridized carbons (Fsp3) is 0.154. The molecule has 1 aromatic heterocycles. The maximum absolute atomic E-state index is 11.5. The fourth-order valence-electron chi connectivity index (χ4n) is 1.77. The molecule has 2 aromatic rings. The number of fused-ring (bicyclic) bond motifs is 1. The van der Waals surface area contributed by atoms with Gasteiger partial charge in [-0.05, 0) is 18.2 Å². The molecule has 0 N–H and O–H groups in total. The number of carbonyl (C=O) groups excluding carboxylic acids is 2. The lowest BCUT2D eigenvalue weighted by Gasteiger charge is -1.98. The Kier molecular flexibility index (Phi) is 2.86. The predicted octanol–water partition coefficient (Wildman–Crippen LogP) is 2.10. The number of aromatic nitrogens is 1. The third-order valence-corrected chi connectivity index (χ3v) is 2.49. The van der Waals surface area contributed by atoms with Crippen molar-refractivity contribution >= 4 is 22.8 Å². The van der Waals surface area contributed by atoms with Crippen LogP contribution in [0.1, 0.15) is 24.2 Å². The lowest BCUT2D eigenvalue weighted by molar-refractivity contribution is -0.131. The van der Waals surface area contributed by atoms with Gasteiger partial charge in [-0.15, -0.1) is 0 Å². The second-order valence-corrected chi connectivity index (χ2v) is 3.82. The average Bonchev–Trinajstić information content (AvgIpc) is 2.67. The summed E-state index contributed by atoms with van der Waals surface area (Å²) >= 11 is 0. The lowest BCUT2D eigenvalue weighted by Crippen LogP contribution is -2.03. The third kappa shape index (κ3) is 1.96. The summed E-state index contributed by atoms with van der Waals surface area (Å²) in [4.78, 5) is 22.5. The molecular weight excluding hydrogens is 232 g/mol. The Morgan fingerprint density at radius 3 is 2.61 bits per heavy atom. The number of rotatable bonds is 1. The molecule has 0 unspecified atom stereocenters. The molecule has 0 amide bonds. The highest BCUT2D eigenvalue weighted by atomic mass is 16.5. The molecule has 0 spiro atoms. The predicted molar refractivity (Wildman–Crippen MR) is 64.3 cm³/mol. The summed E-state index contributed by atoms with van der Waals surface area (Å²) < 4.78 is 6.42. The Balaban J connectivity index is 2.73. The van der Waals surface area contributed by atoms with E-state index in [-0.39, 0.29) is 11.7 Å². The summed E-state index contributed by atoms with van der Waals surface area (Å²) in [6, 6.07) is 6.86. The highest BCUT2D eigenvalue weighted by Crippen LogP contribution is 2.29. The minimum atomic E-state index is -0.472. The molecule has 0 bridgehead atoms. The molecule has 90 valence electrons. The highest BCUT2D eigenvalue weighted by Gasteiger charge is 2.14. The Labute approximate surface area is 103 Å². The topological polar surface area (TPSA) is 72.1 Å². The van der Waals surface area contributed by atoms with Crippen LogP contribution in [0.2, 0.25) is 0 Å². The van der Waals surface area contributed by atoms with Gasteiger partial charge in [0.15, 0.2) is 5.75 Å². The molecule has 5 heteroatoms. The summed E-state index contributed by atoms with van der Waals surface area (Å²) in [5, 5.41) is 9.42. The van der Waals surface area contributed by atoms with E-state index in [0.717, 1.165) is 0 Å². The Morgan fingerprint density at radius 2 is 2.06 bits per heavy atom. The first-order chi connectivity index (χ1) is 8.52. The molecule has 0 saturated heterocycles. The normalized spacial score (nSPS) is 10.1. The van der Waals surface area contributed by atoms with Crippen LogP contribution in [0, 0.1) is 11.3 Å². The minimum absolute atomic E-state index is 0.192. The summed E-state index contributed by atoms with van der Waals surface area (Å²) in [5.74, 6) is -0.382. The zero-order valence-electron chi connectivity index (χ0n) is 9.93. The number of nitrogens with zero attached hydrogens (tertiary/aromatic N) is 2. The van der Waals surface area contributed by atoms with E-state index in [4.69, 9.17) is 10.00 Å². The van der Waals surface area contributed by atoms with Gasteiger partial charge in [-0.1, -0.05) is 0 Å². The molecule has 1 aromatic carbocycles. The SMILES string of the molecule is CC(=O)Oc1cn(C(C)=O)c2ccc(C#N)cc12. The Bertz CT molecular complexity index is 692. The van der Waals surface area contributed by atoms with Gasteiger partial charge in [0.25, 0.3) is 0 Å². The van der Waals surface area contributed by atoms with E-state index >= 15 is 0 Å². The van der Waals surface area contributed by atoms with Crippen LogP contribution in [-0.4, -0.2) is 16.4 Å². The molecular formula is C13H10N2O3. The minimum Gasteiger partial charge on any atom is -0.424 e. The van der Waals surface area contributed by atoms with Crippen molar-refractivity contribution in [3.63, 3.8) is 0 Å². The molecule has 0 fully saturated rings. The first-order valence-electron chi connectivity index (χ1n) is 5.27. The average molecular weight is 242 g/mol. The fourth-order valence-corrected chi connectivity index (χ4v) is 1.77. The number of benzene rings is 1. The van der Waals surface area contributed by atoms with Crippen LogP contribution in [0.5, 0.6) is 5.75 Å². The molecule has 2 rings (SSSR count). The number of hydrogen-bond donors (Lipinski definition) is 0. The maximum Gasteiger partial charge on any atom is 0.308 e. The van der Waals surface area contributed by atoms with Gasteiger partial charge in [0.05, 0.1) is 23.3 Å². The second-order valence-electron chi connectivity index (χ2n) is 3.82. The largest absolute Gasteiger partial charge is 0.424 e. The van der Waals surface area contributed by atoms with Crippen LogP contribution >= 0.6 is 0 Å². The van der Waals surface area contributed by atoms with E-state index in [9.17, 15) is 9.59 Å². The number of hydrogen-bond acceptors (Lipinski definition) is 4. The maximum atomic E-state index is 11.5. The summed E-state index contributed by atoms with van der Waals surface area (Å²) in [6.07, 6.45) is 1.45. The summed E-state index contributed by atoms with van der Waals surface area (Å²) in [6.45, 7) is 2.69. The summed E-state index contributed by atoms with van der Waals surface area (Å²) in [5.41, 5.74) is 1.05.